The molecule has 0 radical (unpaired) electrons. The minimum Gasteiger partial charge on any atom is -0.481 e. The predicted octanol–water partition coefficient (Wildman–Crippen LogP) is -3.25. The summed E-state index contributed by atoms with van der Waals surface area (Å²) in [5, 5.41) is 33.7. The van der Waals surface area contributed by atoms with Crippen LogP contribution < -0.4 is 21.7 Å². The summed E-state index contributed by atoms with van der Waals surface area (Å²) in [7, 11) is 0. The Labute approximate surface area is 149 Å². The molecule has 0 bridgehead atoms. The van der Waals surface area contributed by atoms with Crippen LogP contribution in [-0.4, -0.2) is 75.8 Å². The third-order valence-corrected chi connectivity index (χ3v) is 3.28. The Morgan fingerprint density at radius 1 is 0.962 bits per heavy atom. The van der Waals surface area contributed by atoms with Crippen LogP contribution in [0.25, 0.3) is 0 Å². The lowest BCUT2D eigenvalue weighted by molar-refractivity contribution is -0.142. The van der Waals surface area contributed by atoms with Crippen molar-refractivity contribution in [2.75, 3.05) is 6.54 Å². The molecule has 0 aliphatic carbocycles. The summed E-state index contributed by atoms with van der Waals surface area (Å²) in [6, 6.07) is -4.07. The molecule has 0 fully saturated rings. The molecule has 4 atom stereocenters. The van der Waals surface area contributed by atoms with Crippen LogP contribution in [0.1, 0.15) is 26.7 Å². The highest BCUT2D eigenvalue weighted by atomic mass is 16.4. The number of rotatable bonds is 11. The van der Waals surface area contributed by atoms with Crippen molar-refractivity contribution in [3.63, 3.8) is 0 Å². The second-order valence-electron chi connectivity index (χ2n) is 5.55. The lowest BCUT2D eigenvalue weighted by atomic mass is 10.1. The first-order chi connectivity index (χ1) is 12.0. The number of hydrogen-bond acceptors (Lipinski definition) is 7. The normalized spacial score (nSPS) is 15.1. The average Bonchev–Trinajstić information content (AvgIpc) is 2.54. The second-order valence-corrected chi connectivity index (χ2v) is 5.55. The van der Waals surface area contributed by atoms with Gasteiger partial charge in [0, 0.05) is 6.42 Å². The Kier molecular flexibility index (Phi) is 9.84. The van der Waals surface area contributed by atoms with E-state index in [0.717, 1.165) is 0 Å². The highest BCUT2D eigenvalue weighted by Gasteiger charge is 2.31. The van der Waals surface area contributed by atoms with Gasteiger partial charge in [0.25, 0.3) is 0 Å². The van der Waals surface area contributed by atoms with Crippen LogP contribution in [0.4, 0.5) is 0 Å². The molecule has 0 rings (SSSR count). The summed E-state index contributed by atoms with van der Waals surface area (Å²) >= 11 is 0. The van der Waals surface area contributed by atoms with E-state index in [1.807, 2.05) is 0 Å². The molecule has 0 aromatic rings. The molecular weight excluding hydrogens is 352 g/mol. The van der Waals surface area contributed by atoms with E-state index in [2.05, 4.69) is 16.0 Å². The summed E-state index contributed by atoms with van der Waals surface area (Å²) in [4.78, 5) is 57.2. The van der Waals surface area contributed by atoms with Gasteiger partial charge in [-0.05, 0) is 20.3 Å². The Balaban J connectivity index is 5.14. The molecule has 0 spiro atoms. The fourth-order valence-corrected chi connectivity index (χ4v) is 1.81. The molecule has 8 N–H and O–H groups in total. The highest BCUT2D eigenvalue weighted by molar-refractivity contribution is 5.94. The Hall–Kier alpha value is -2.73. The fraction of sp³-hybridized carbons (Fsp3) is 0.643. The molecule has 12 heteroatoms. The van der Waals surface area contributed by atoms with E-state index in [9.17, 15) is 29.1 Å². The third-order valence-electron chi connectivity index (χ3n) is 3.28. The number of hydrogen-bond donors (Lipinski definition) is 7. The minimum absolute atomic E-state index is 0.271. The molecule has 26 heavy (non-hydrogen) atoms. The minimum atomic E-state index is -1.51. The molecule has 12 nitrogen and oxygen atoms in total. The van der Waals surface area contributed by atoms with Gasteiger partial charge < -0.3 is 37.0 Å². The molecule has 4 unspecified atom stereocenters. The monoisotopic (exact) mass is 376 g/mol. The van der Waals surface area contributed by atoms with Crippen LogP contribution in [0.3, 0.4) is 0 Å². The molecule has 3 amide bonds. The van der Waals surface area contributed by atoms with Crippen LogP contribution >= 0.6 is 0 Å². The molecule has 0 aliphatic heterocycles. The number of aliphatic hydroxyl groups is 1. The van der Waals surface area contributed by atoms with E-state index < -0.39 is 66.9 Å². The SMILES string of the molecule is CC(NC(=O)C(NC(=O)C(CCC(=O)O)NC(=O)CN)C(C)O)C(=O)O. The third kappa shape index (κ3) is 8.39. The Morgan fingerprint density at radius 3 is 1.96 bits per heavy atom. The zero-order valence-electron chi connectivity index (χ0n) is 14.4. The van der Waals surface area contributed by atoms with E-state index in [1.54, 1.807) is 0 Å². The number of carbonyl (C=O) groups is 5. The van der Waals surface area contributed by atoms with Gasteiger partial charge in [-0.3, -0.25) is 24.0 Å². The number of aliphatic carboxylic acids is 2. The van der Waals surface area contributed by atoms with Gasteiger partial charge in [0.15, 0.2) is 0 Å². The van der Waals surface area contributed by atoms with Gasteiger partial charge in [0.2, 0.25) is 17.7 Å². The van der Waals surface area contributed by atoms with Crippen molar-refractivity contribution in [2.45, 2.75) is 50.9 Å². The van der Waals surface area contributed by atoms with Crippen molar-refractivity contribution in [3.05, 3.63) is 0 Å². The topological polar surface area (TPSA) is 208 Å². The average molecular weight is 376 g/mol. The largest absolute Gasteiger partial charge is 0.481 e. The van der Waals surface area contributed by atoms with Crippen molar-refractivity contribution in [3.8, 4) is 0 Å². The van der Waals surface area contributed by atoms with Gasteiger partial charge in [-0.1, -0.05) is 0 Å². The van der Waals surface area contributed by atoms with Crippen LogP contribution in [0.5, 0.6) is 0 Å². The molecule has 0 aromatic carbocycles. The van der Waals surface area contributed by atoms with Crippen LogP contribution in [0.2, 0.25) is 0 Å². The second kappa shape index (κ2) is 11.0. The van der Waals surface area contributed by atoms with Crippen LogP contribution in [0.15, 0.2) is 0 Å². The maximum absolute atomic E-state index is 12.3. The number of carbonyl (C=O) groups excluding carboxylic acids is 3. The lowest BCUT2D eigenvalue weighted by Gasteiger charge is -2.25. The lowest BCUT2D eigenvalue weighted by Crippen LogP contribution is -2.59. The summed E-state index contributed by atoms with van der Waals surface area (Å²) in [5.41, 5.74) is 5.14. The summed E-state index contributed by atoms with van der Waals surface area (Å²) < 4.78 is 0. The van der Waals surface area contributed by atoms with Gasteiger partial charge >= 0.3 is 11.9 Å². The molecule has 148 valence electrons. The van der Waals surface area contributed by atoms with E-state index >= 15 is 0 Å². The summed E-state index contributed by atoms with van der Waals surface area (Å²) in [6.07, 6.45) is -2.10. The first-order valence-electron chi connectivity index (χ1n) is 7.72. The van der Waals surface area contributed by atoms with Gasteiger partial charge in [-0.2, -0.15) is 0 Å². The number of carboxylic acids is 2. The van der Waals surface area contributed by atoms with Crippen molar-refractivity contribution in [1.29, 1.82) is 0 Å². The highest BCUT2D eigenvalue weighted by Crippen LogP contribution is 2.02. The molecular formula is C14H24N4O8. The maximum Gasteiger partial charge on any atom is 0.325 e. The molecule has 0 heterocycles. The van der Waals surface area contributed by atoms with Gasteiger partial charge in [0.1, 0.15) is 18.1 Å². The van der Waals surface area contributed by atoms with Crippen molar-refractivity contribution >= 4 is 29.7 Å². The Morgan fingerprint density at radius 2 is 1.54 bits per heavy atom. The van der Waals surface area contributed by atoms with Crippen molar-refractivity contribution in [1.82, 2.24) is 16.0 Å². The standard InChI is InChI=1S/C14H24N4O8/c1-6(14(25)26)16-13(24)11(7(2)19)18-12(23)8(3-4-10(21)22)17-9(20)5-15/h6-8,11,19H,3-5,15H2,1-2H3,(H,16,24)(H,17,20)(H,18,23)(H,21,22)(H,25,26). The van der Waals surface area contributed by atoms with Crippen LogP contribution in [-0.2, 0) is 24.0 Å². The van der Waals surface area contributed by atoms with E-state index in [0.29, 0.717) is 0 Å². The number of amides is 3. The van der Waals surface area contributed by atoms with E-state index in [4.69, 9.17) is 15.9 Å². The summed E-state index contributed by atoms with van der Waals surface area (Å²) in [5.74, 6) is -5.11. The number of nitrogens with one attached hydrogen (secondary N) is 3. The van der Waals surface area contributed by atoms with Gasteiger partial charge in [-0.25, -0.2) is 0 Å². The van der Waals surface area contributed by atoms with Gasteiger partial charge in [-0.15, -0.1) is 0 Å². The zero-order valence-corrected chi connectivity index (χ0v) is 14.4. The van der Waals surface area contributed by atoms with Crippen molar-refractivity contribution < 1.29 is 39.3 Å². The number of nitrogens with two attached hydrogens (primary N) is 1. The molecule has 0 aromatic heterocycles. The Bertz CT molecular complexity index is 551. The molecule has 0 aliphatic rings. The fourth-order valence-electron chi connectivity index (χ4n) is 1.81. The first kappa shape index (κ1) is 23.3. The number of aliphatic hydroxyl groups excluding tert-OH is 1. The van der Waals surface area contributed by atoms with E-state index in [1.165, 1.54) is 13.8 Å². The maximum atomic E-state index is 12.3. The quantitative estimate of drug-likeness (QED) is 0.193. The predicted molar refractivity (Wildman–Crippen MR) is 86.7 cm³/mol. The smallest absolute Gasteiger partial charge is 0.325 e. The zero-order chi connectivity index (χ0) is 20.4. The van der Waals surface area contributed by atoms with Crippen molar-refractivity contribution in [2.24, 2.45) is 5.73 Å². The summed E-state index contributed by atoms with van der Waals surface area (Å²) in [6.45, 7) is 1.95. The molecule has 0 saturated heterocycles. The number of carboxylic acid groups (broad SMARTS) is 2. The van der Waals surface area contributed by atoms with Crippen LogP contribution in [0, 0.1) is 0 Å². The van der Waals surface area contributed by atoms with Gasteiger partial charge in [0.05, 0.1) is 12.6 Å². The first-order valence-corrected chi connectivity index (χ1v) is 7.72. The van der Waals surface area contributed by atoms with E-state index in [-0.39, 0.29) is 6.42 Å². The molecule has 0 saturated carbocycles.